The van der Waals surface area contributed by atoms with Gasteiger partial charge in [-0.25, -0.2) is 0 Å². The van der Waals surface area contributed by atoms with Crippen LogP contribution in [0.1, 0.15) is 62.5 Å². The molecular weight excluding hydrogens is 266 g/mol. The lowest BCUT2D eigenvalue weighted by atomic mass is 9.94. The molecule has 0 radical (unpaired) electrons. The van der Waals surface area contributed by atoms with E-state index in [4.69, 9.17) is 12.2 Å². The van der Waals surface area contributed by atoms with E-state index in [1.54, 1.807) is 6.92 Å². The highest BCUT2D eigenvalue weighted by Crippen LogP contribution is 2.36. The molecular formula is C17H23NOS. The molecule has 20 heavy (non-hydrogen) atoms. The summed E-state index contributed by atoms with van der Waals surface area (Å²) in [5.41, 5.74) is 2.06. The van der Waals surface area contributed by atoms with Crippen molar-refractivity contribution in [2.75, 3.05) is 6.54 Å². The van der Waals surface area contributed by atoms with Crippen molar-refractivity contribution < 1.29 is 4.79 Å². The van der Waals surface area contributed by atoms with Gasteiger partial charge in [0.05, 0.1) is 11.0 Å². The molecule has 1 aromatic rings. The largest absolute Gasteiger partial charge is 0.359 e. The summed E-state index contributed by atoms with van der Waals surface area (Å²) in [6, 6.07) is 8.36. The lowest BCUT2D eigenvalue weighted by molar-refractivity contribution is 0.101. The van der Waals surface area contributed by atoms with Gasteiger partial charge in [0.25, 0.3) is 0 Å². The van der Waals surface area contributed by atoms with Crippen LogP contribution in [0.2, 0.25) is 0 Å². The van der Waals surface area contributed by atoms with E-state index in [9.17, 15) is 4.79 Å². The molecule has 1 aromatic carbocycles. The van der Waals surface area contributed by atoms with Gasteiger partial charge in [0.2, 0.25) is 0 Å². The molecule has 1 unspecified atom stereocenters. The molecule has 0 amide bonds. The number of ketones is 1. The molecule has 0 aliphatic carbocycles. The Labute approximate surface area is 127 Å². The molecule has 3 heteroatoms. The van der Waals surface area contributed by atoms with Gasteiger partial charge in [0, 0.05) is 17.5 Å². The first-order valence-corrected chi connectivity index (χ1v) is 7.63. The molecule has 2 rings (SSSR count). The summed E-state index contributed by atoms with van der Waals surface area (Å²) < 4.78 is 0. The van der Waals surface area contributed by atoms with Gasteiger partial charge in [0.1, 0.15) is 0 Å². The molecule has 0 saturated carbocycles. The molecule has 0 bridgehead atoms. The average molecular weight is 289 g/mol. The van der Waals surface area contributed by atoms with Crippen molar-refractivity contribution >= 4 is 23.0 Å². The number of nitrogens with zero attached hydrogens (tertiary/aromatic N) is 1. The second-order valence-electron chi connectivity index (χ2n) is 6.58. The van der Waals surface area contributed by atoms with E-state index in [1.165, 1.54) is 12.0 Å². The lowest BCUT2D eigenvalue weighted by Crippen LogP contribution is -2.37. The van der Waals surface area contributed by atoms with Crippen LogP contribution in [0.15, 0.2) is 24.3 Å². The van der Waals surface area contributed by atoms with Crippen molar-refractivity contribution in [3.63, 3.8) is 0 Å². The van der Waals surface area contributed by atoms with Crippen molar-refractivity contribution in [1.29, 1.82) is 0 Å². The number of carbonyl (C=O) groups is 1. The number of carbonyl (C=O) groups excluding carboxylic acids is 1. The molecule has 0 spiro atoms. The normalized spacial score (nSPS) is 19.2. The van der Waals surface area contributed by atoms with Crippen LogP contribution >= 0.6 is 12.2 Å². The van der Waals surface area contributed by atoms with E-state index in [1.807, 2.05) is 12.1 Å². The summed E-state index contributed by atoms with van der Waals surface area (Å²) in [6.07, 6.45) is 2.31. The van der Waals surface area contributed by atoms with Gasteiger partial charge in [-0.05, 0) is 25.3 Å². The molecule has 0 N–H and O–H groups in total. The van der Waals surface area contributed by atoms with Crippen molar-refractivity contribution in [3.8, 4) is 0 Å². The van der Waals surface area contributed by atoms with E-state index >= 15 is 0 Å². The number of benzene rings is 1. The minimum absolute atomic E-state index is 0.0250. The first-order valence-electron chi connectivity index (χ1n) is 7.22. The highest BCUT2D eigenvalue weighted by atomic mass is 32.1. The Morgan fingerprint density at radius 1 is 1.25 bits per heavy atom. The Morgan fingerprint density at radius 2 is 1.85 bits per heavy atom. The number of hydrogen-bond donors (Lipinski definition) is 0. The maximum absolute atomic E-state index is 11.4. The van der Waals surface area contributed by atoms with E-state index < -0.39 is 0 Å². The van der Waals surface area contributed by atoms with Crippen molar-refractivity contribution in [1.82, 2.24) is 4.90 Å². The molecule has 1 aliphatic rings. The predicted octanol–water partition coefficient (Wildman–Crippen LogP) is 4.40. The Balaban J connectivity index is 2.23. The van der Waals surface area contributed by atoms with Crippen LogP contribution in [0, 0.1) is 5.41 Å². The predicted molar refractivity (Wildman–Crippen MR) is 87.2 cm³/mol. The van der Waals surface area contributed by atoms with Crippen LogP contribution in [-0.2, 0) is 0 Å². The first-order chi connectivity index (χ1) is 9.30. The van der Waals surface area contributed by atoms with Crippen molar-refractivity contribution in [2.45, 2.75) is 46.6 Å². The maximum Gasteiger partial charge on any atom is 0.159 e. The van der Waals surface area contributed by atoms with Crippen molar-refractivity contribution in [3.05, 3.63) is 35.4 Å². The Kier molecular flexibility index (Phi) is 4.28. The Morgan fingerprint density at radius 3 is 2.35 bits per heavy atom. The molecule has 1 saturated heterocycles. The average Bonchev–Trinajstić information content (AvgIpc) is 2.85. The van der Waals surface area contributed by atoms with E-state index in [2.05, 4.69) is 37.8 Å². The fourth-order valence-corrected chi connectivity index (χ4v) is 2.95. The number of likely N-dealkylation sites (tertiary alicyclic amines) is 1. The summed E-state index contributed by atoms with van der Waals surface area (Å²) in [6.45, 7) is 9.15. The summed E-state index contributed by atoms with van der Waals surface area (Å²) in [4.78, 5) is 14.7. The minimum Gasteiger partial charge on any atom is -0.359 e. The third-order valence-corrected chi connectivity index (χ3v) is 4.70. The second kappa shape index (κ2) is 5.65. The zero-order valence-electron chi connectivity index (χ0n) is 12.8. The summed E-state index contributed by atoms with van der Waals surface area (Å²) >= 11 is 5.67. The van der Waals surface area contributed by atoms with Gasteiger partial charge in [-0.1, -0.05) is 57.3 Å². The molecule has 2 nitrogen and oxygen atoms in total. The topological polar surface area (TPSA) is 20.3 Å². The zero-order valence-corrected chi connectivity index (χ0v) is 13.6. The van der Waals surface area contributed by atoms with Gasteiger partial charge in [-0.15, -0.1) is 0 Å². The Hall–Kier alpha value is -1.22. The molecule has 1 heterocycles. The first kappa shape index (κ1) is 15.2. The van der Waals surface area contributed by atoms with Crippen LogP contribution in [0.4, 0.5) is 0 Å². The second-order valence-corrected chi connectivity index (χ2v) is 6.97. The number of thiocarbonyl (C=S) groups is 1. The quantitative estimate of drug-likeness (QED) is 0.594. The Bertz CT molecular complexity index is 513. The fourth-order valence-electron chi connectivity index (χ4n) is 2.73. The molecule has 0 aromatic heterocycles. The number of Topliss-reactive ketones (excluding diaryl/α,β-unsaturated/α-hetero) is 1. The summed E-state index contributed by atoms with van der Waals surface area (Å²) in [5.74, 6) is 0.116. The van der Waals surface area contributed by atoms with Crippen LogP contribution in [0.5, 0.6) is 0 Å². The SMILES string of the molecule is CC(=O)c1ccc(C2CCCN2C(=S)C(C)(C)C)cc1. The molecule has 1 fully saturated rings. The molecule has 1 atom stereocenters. The van der Waals surface area contributed by atoms with E-state index in [-0.39, 0.29) is 11.2 Å². The summed E-state index contributed by atoms with van der Waals surface area (Å²) in [5, 5.41) is 0. The van der Waals surface area contributed by atoms with Gasteiger partial charge >= 0.3 is 0 Å². The van der Waals surface area contributed by atoms with Gasteiger partial charge in [0.15, 0.2) is 5.78 Å². The third-order valence-electron chi connectivity index (χ3n) is 3.86. The minimum atomic E-state index is 0.0250. The highest BCUT2D eigenvalue weighted by molar-refractivity contribution is 7.80. The van der Waals surface area contributed by atoms with Crippen LogP contribution in [0.3, 0.4) is 0 Å². The lowest BCUT2D eigenvalue weighted by Gasteiger charge is -2.34. The third kappa shape index (κ3) is 3.09. The standard InChI is InChI=1S/C17H23NOS/c1-12(19)13-7-9-14(10-8-13)15-6-5-11-18(15)16(20)17(2,3)4/h7-10,15H,5-6,11H2,1-4H3. The van der Waals surface area contributed by atoms with Crippen LogP contribution in [-0.4, -0.2) is 22.2 Å². The van der Waals surface area contributed by atoms with Gasteiger partial charge in [-0.3, -0.25) is 4.79 Å². The molecule has 1 aliphatic heterocycles. The summed E-state index contributed by atoms with van der Waals surface area (Å²) in [7, 11) is 0. The zero-order chi connectivity index (χ0) is 14.9. The van der Waals surface area contributed by atoms with E-state index in [0.29, 0.717) is 6.04 Å². The number of rotatable bonds is 2. The number of hydrogen-bond acceptors (Lipinski definition) is 2. The smallest absolute Gasteiger partial charge is 0.159 e. The van der Waals surface area contributed by atoms with Gasteiger partial charge < -0.3 is 4.90 Å². The fraction of sp³-hybridized carbons (Fsp3) is 0.529. The van der Waals surface area contributed by atoms with Crippen LogP contribution < -0.4 is 0 Å². The van der Waals surface area contributed by atoms with Crippen molar-refractivity contribution in [2.24, 2.45) is 5.41 Å². The maximum atomic E-state index is 11.4. The van der Waals surface area contributed by atoms with Crippen LogP contribution in [0.25, 0.3) is 0 Å². The van der Waals surface area contributed by atoms with E-state index in [0.717, 1.165) is 23.5 Å². The molecule has 108 valence electrons. The highest BCUT2D eigenvalue weighted by Gasteiger charge is 2.32. The van der Waals surface area contributed by atoms with Gasteiger partial charge in [-0.2, -0.15) is 0 Å². The monoisotopic (exact) mass is 289 g/mol.